The summed E-state index contributed by atoms with van der Waals surface area (Å²) < 4.78 is 13.5. The van der Waals surface area contributed by atoms with Gasteiger partial charge in [0.05, 0.1) is 6.21 Å². The standard InChI is InChI=1S/C9H7FN2O/c10-9-6(5-12-13)1-2-8-7(9)3-4-11-8/h1-5,11,13H/b12-5+. The van der Waals surface area contributed by atoms with Gasteiger partial charge in [0.2, 0.25) is 0 Å². The van der Waals surface area contributed by atoms with Gasteiger partial charge in [-0.05, 0) is 18.2 Å². The third-order valence-electron chi connectivity index (χ3n) is 1.90. The van der Waals surface area contributed by atoms with Crippen LogP contribution < -0.4 is 0 Å². The van der Waals surface area contributed by atoms with Gasteiger partial charge < -0.3 is 10.2 Å². The first-order chi connectivity index (χ1) is 6.33. The van der Waals surface area contributed by atoms with Gasteiger partial charge in [0.25, 0.3) is 0 Å². The summed E-state index contributed by atoms with van der Waals surface area (Å²) in [5.41, 5.74) is 1.00. The van der Waals surface area contributed by atoms with Crippen molar-refractivity contribution in [3.8, 4) is 0 Å². The Morgan fingerprint density at radius 3 is 3.00 bits per heavy atom. The number of halogens is 1. The van der Waals surface area contributed by atoms with Gasteiger partial charge in [-0.15, -0.1) is 0 Å². The van der Waals surface area contributed by atoms with Crippen LogP contribution in [0.15, 0.2) is 29.6 Å². The predicted molar refractivity (Wildman–Crippen MR) is 47.6 cm³/mol. The SMILES string of the molecule is O/N=C/c1ccc2[nH]ccc2c1F. The van der Waals surface area contributed by atoms with Gasteiger partial charge in [-0.25, -0.2) is 4.39 Å². The summed E-state index contributed by atoms with van der Waals surface area (Å²) in [5.74, 6) is -0.378. The van der Waals surface area contributed by atoms with Crippen LogP contribution in [0.25, 0.3) is 10.9 Å². The second-order valence-corrected chi connectivity index (χ2v) is 2.65. The molecule has 1 heterocycles. The summed E-state index contributed by atoms with van der Waals surface area (Å²) in [6, 6.07) is 4.92. The van der Waals surface area contributed by atoms with E-state index < -0.39 is 0 Å². The molecule has 3 nitrogen and oxygen atoms in total. The number of rotatable bonds is 1. The molecule has 1 aromatic carbocycles. The van der Waals surface area contributed by atoms with E-state index >= 15 is 0 Å². The number of hydrogen-bond donors (Lipinski definition) is 2. The highest BCUT2D eigenvalue weighted by Gasteiger charge is 2.05. The second kappa shape index (κ2) is 2.90. The Morgan fingerprint density at radius 2 is 2.23 bits per heavy atom. The van der Waals surface area contributed by atoms with Crippen molar-refractivity contribution in [1.82, 2.24) is 4.98 Å². The number of aromatic amines is 1. The molecule has 0 saturated heterocycles. The lowest BCUT2D eigenvalue weighted by atomic mass is 10.1. The predicted octanol–water partition coefficient (Wildman–Crippen LogP) is 2.12. The molecule has 2 N–H and O–H groups in total. The number of aromatic nitrogens is 1. The number of fused-ring (bicyclic) bond motifs is 1. The largest absolute Gasteiger partial charge is 0.411 e. The third-order valence-corrected chi connectivity index (χ3v) is 1.90. The Bertz CT molecular complexity index is 462. The van der Waals surface area contributed by atoms with Crippen LogP contribution in [0.2, 0.25) is 0 Å². The van der Waals surface area contributed by atoms with Gasteiger partial charge in [-0.3, -0.25) is 0 Å². The van der Waals surface area contributed by atoms with Crippen LogP contribution in [0, 0.1) is 5.82 Å². The van der Waals surface area contributed by atoms with Crippen LogP contribution in [0.5, 0.6) is 0 Å². The van der Waals surface area contributed by atoms with Crippen molar-refractivity contribution in [2.45, 2.75) is 0 Å². The fourth-order valence-electron chi connectivity index (χ4n) is 1.28. The van der Waals surface area contributed by atoms with Gasteiger partial charge in [0, 0.05) is 22.7 Å². The molecule has 1 aromatic heterocycles. The molecule has 13 heavy (non-hydrogen) atoms. The average molecular weight is 178 g/mol. The van der Waals surface area contributed by atoms with Crippen molar-refractivity contribution < 1.29 is 9.60 Å². The normalized spacial score (nSPS) is 11.5. The molecule has 0 aliphatic carbocycles. The van der Waals surface area contributed by atoms with Crippen LogP contribution in [0.3, 0.4) is 0 Å². The minimum absolute atomic E-state index is 0.273. The van der Waals surface area contributed by atoms with E-state index in [1.54, 1.807) is 24.4 Å². The highest BCUT2D eigenvalue weighted by Crippen LogP contribution is 2.18. The topological polar surface area (TPSA) is 48.4 Å². The van der Waals surface area contributed by atoms with Crippen molar-refractivity contribution in [2.24, 2.45) is 5.16 Å². The second-order valence-electron chi connectivity index (χ2n) is 2.65. The van der Waals surface area contributed by atoms with E-state index in [4.69, 9.17) is 5.21 Å². The van der Waals surface area contributed by atoms with E-state index in [0.29, 0.717) is 5.39 Å². The number of nitrogens with one attached hydrogen (secondary N) is 1. The van der Waals surface area contributed by atoms with Crippen molar-refractivity contribution >= 4 is 17.1 Å². The molecule has 0 atom stereocenters. The quantitative estimate of drug-likeness (QED) is 0.392. The highest BCUT2D eigenvalue weighted by atomic mass is 19.1. The van der Waals surface area contributed by atoms with Crippen LogP contribution in [-0.2, 0) is 0 Å². The van der Waals surface area contributed by atoms with Gasteiger partial charge in [0.1, 0.15) is 5.82 Å². The van der Waals surface area contributed by atoms with Crippen LogP contribution in [0.1, 0.15) is 5.56 Å². The van der Waals surface area contributed by atoms with E-state index in [9.17, 15) is 4.39 Å². The van der Waals surface area contributed by atoms with Crippen molar-refractivity contribution in [3.05, 3.63) is 35.8 Å². The Morgan fingerprint density at radius 1 is 1.38 bits per heavy atom. The smallest absolute Gasteiger partial charge is 0.141 e. The highest BCUT2D eigenvalue weighted by molar-refractivity contribution is 5.89. The van der Waals surface area contributed by atoms with Crippen LogP contribution in [0.4, 0.5) is 4.39 Å². The number of H-pyrrole nitrogens is 1. The van der Waals surface area contributed by atoms with Gasteiger partial charge in [-0.1, -0.05) is 5.16 Å². The summed E-state index contributed by atoms with van der Waals surface area (Å²) in [4.78, 5) is 2.88. The van der Waals surface area contributed by atoms with Crippen molar-refractivity contribution in [2.75, 3.05) is 0 Å². The molecular formula is C9H7FN2O. The molecule has 2 rings (SSSR count). The van der Waals surface area contributed by atoms with Crippen LogP contribution in [-0.4, -0.2) is 16.4 Å². The number of hydrogen-bond acceptors (Lipinski definition) is 2. The van der Waals surface area contributed by atoms with Crippen LogP contribution >= 0.6 is 0 Å². The molecule has 0 aliphatic heterocycles. The van der Waals surface area contributed by atoms with Gasteiger partial charge in [-0.2, -0.15) is 0 Å². The molecule has 4 heteroatoms. The van der Waals surface area contributed by atoms with E-state index in [1.165, 1.54) is 0 Å². The number of nitrogens with zero attached hydrogens (tertiary/aromatic N) is 1. The fourth-order valence-corrected chi connectivity index (χ4v) is 1.28. The lowest BCUT2D eigenvalue weighted by Crippen LogP contribution is -1.88. The molecule has 0 bridgehead atoms. The zero-order valence-corrected chi connectivity index (χ0v) is 6.66. The lowest BCUT2D eigenvalue weighted by molar-refractivity contribution is 0.321. The minimum Gasteiger partial charge on any atom is -0.411 e. The molecule has 0 aliphatic rings. The summed E-state index contributed by atoms with van der Waals surface area (Å²) in [6.07, 6.45) is 2.73. The lowest BCUT2D eigenvalue weighted by Gasteiger charge is -1.96. The first-order valence-electron chi connectivity index (χ1n) is 3.76. The molecule has 0 fully saturated rings. The zero-order valence-electron chi connectivity index (χ0n) is 6.66. The molecular weight excluding hydrogens is 171 g/mol. The van der Waals surface area contributed by atoms with E-state index in [1.807, 2.05) is 0 Å². The average Bonchev–Trinajstić information content (AvgIpc) is 2.58. The van der Waals surface area contributed by atoms with Crippen molar-refractivity contribution in [3.63, 3.8) is 0 Å². The summed E-state index contributed by atoms with van der Waals surface area (Å²) in [7, 11) is 0. The van der Waals surface area contributed by atoms with E-state index in [0.717, 1.165) is 11.7 Å². The first kappa shape index (κ1) is 7.79. The Hall–Kier alpha value is -1.84. The minimum atomic E-state index is -0.378. The fraction of sp³-hybridized carbons (Fsp3) is 0. The Balaban J connectivity index is 2.73. The summed E-state index contributed by atoms with van der Waals surface area (Å²) >= 11 is 0. The monoisotopic (exact) mass is 178 g/mol. The number of oxime groups is 1. The van der Waals surface area contributed by atoms with E-state index in [-0.39, 0.29) is 11.4 Å². The summed E-state index contributed by atoms with van der Waals surface area (Å²) in [6.45, 7) is 0. The molecule has 0 radical (unpaired) electrons. The molecule has 0 amide bonds. The molecule has 2 aromatic rings. The Kier molecular flexibility index (Phi) is 1.73. The van der Waals surface area contributed by atoms with Gasteiger partial charge >= 0.3 is 0 Å². The van der Waals surface area contributed by atoms with Gasteiger partial charge in [0.15, 0.2) is 0 Å². The Labute approximate surface area is 73.5 Å². The molecule has 66 valence electrons. The summed E-state index contributed by atoms with van der Waals surface area (Å²) in [5, 5.41) is 11.5. The maximum Gasteiger partial charge on any atom is 0.141 e. The zero-order chi connectivity index (χ0) is 9.26. The van der Waals surface area contributed by atoms with E-state index in [2.05, 4.69) is 10.1 Å². The number of benzene rings is 1. The first-order valence-corrected chi connectivity index (χ1v) is 3.76. The maximum absolute atomic E-state index is 13.5. The molecule has 0 saturated carbocycles. The third kappa shape index (κ3) is 1.16. The molecule has 0 spiro atoms. The maximum atomic E-state index is 13.5. The molecule has 0 unspecified atom stereocenters. The van der Waals surface area contributed by atoms with Crippen molar-refractivity contribution in [1.29, 1.82) is 0 Å².